The van der Waals surface area contributed by atoms with E-state index in [2.05, 4.69) is 26.4 Å². The van der Waals surface area contributed by atoms with E-state index in [1.165, 1.54) is 18.2 Å². The number of anilines is 1. The molecule has 0 fully saturated rings. The van der Waals surface area contributed by atoms with Crippen LogP contribution in [-0.2, 0) is 10.9 Å². The Labute approximate surface area is 241 Å². The van der Waals surface area contributed by atoms with E-state index in [0.29, 0.717) is 4.47 Å². The molecule has 1 N–H and O–H groups in total. The fourth-order valence-corrected chi connectivity index (χ4v) is 4.29. The van der Waals surface area contributed by atoms with Gasteiger partial charge in [-0.3, -0.25) is 25.0 Å². The number of halogens is 4. The number of fused-ring (bicyclic) bond motifs is 1. The van der Waals surface area contributed by atoms with Gasteiger partial charge in [-0.05, 0) is 51.1 Å². The van der Waals surface area contributed by atoms with E-state index in [1.807, 2.05) is 0 Å². The number of hydrogen-bond donors (Lipinski definition) is 1. The highest BCUT2D eigenvalue weighted by molar-refractivity contribution is 9.10. The van der Waals surface area contributed by atoms with Gasteiger partial charge in [0.05, 0.1) is 37.6 Å². The number of benzene rings is 3. The van der Waals surface area contributed by atoms with E-state index < -0.39 is 67.3 Å². The van der Waals surface area contributed by atoms with Crippen LogP contribution in [0.1, 0.15) is 47.2 Å². The second kappa shape index (κ2) is 10.8. The summed E-state index contributed by atoms with van der Waals surface area (Å²) >= 11 is 3.24. The number of nitrogens with one attached hydrogen (secondary N) is 1. The smallest absolute Gasteiger partial charge is 0.417 e. The number of amides is 1. The molecule has 1 heterocycles. The Hall–Kier alpha value is -4.86. The van der Waals surface area contributed by atoms with Gasteiger partial charge >= 0.3 is 12.1 Å². The molecule has 0 aliphatic carbocycles. The summed E-state index contributed by atoms with van der Waals surface area (Å²) in [4.78, 5) is 46.9. The molecule has 218 valence electrons. The molecule has 16 heteroatoms. The number of alkyl halides is 3. The number of carbonyl (C=O) groups is 2. The van der Waals surface area contributed by atoms with Crippen molar-refractivity contribution in [3.8, 4) is 11.1 Å². The van der Waals surface area contributed by atoms with Crippen LogP contribution in [0.2, 0.25) is 0 Å². The van der Waals surface area contributed by atoms with Crippen molar-refractivity contribution >= 4 is 55.8 Å². The van der Waals surface area contributed by atoms with Crippen LogP contribution in [0.25, 0.3) is 22.1 Å². The van der Waals surface area contributed by atoms with Crippen LogP contribution in [-0.4, -0.2) is 32.5 Å². The first-order valence-corrected chi connectivity index (χ1v) is 12.5. The lowest BCUT2D eigenvalue weighted by Crippen LogP contribution is -2.25. The second-order valence-electron chi connectivity index (χ2n) is 9.78. The zero-order chi connectivity index (χ0) is 31.1. The van der Waals surface area contributed by atoms with E-state index in [-0.39, 0.29) is 28.3 Å². The van der Waals surface area contributed by atoms with Gasteiger partial charge in [-0.1, -0.05) is 21.1 Å². The van der Waals surface area contributed by atoms with E-state index in [0.717, 1.165) is 24.3 Å². The normalized spacial score (nSPS) is 11.8. The molecular formula is C26H18BrF3N4O8. The fraction of sp³-hybridized carbons (Fsp3) is 0.192. The number of nitrogens with zero attached hydrogens (tertiary/aromatic N) is 3. The third-order valence-electron chi connectivity index (χ3n) is 5.66. The number of rotatable bonds is 6. The third kappa shape index (κ3) is 6.22. The quantitative estimate of drug-likeness (QED) is 0.128. The molecule has 0 spiro atoms. The maximum Gasteiger partial charge on any atom is 0.417 e. The molecule has 0 unspecified atom stereocenters. The van der Waals surface area contributed by atoms with Crippen molar-refractivity contribution in [2.24, 2.45) is 0 Å². The zero-order valence-electron chi connectivity index (χ0n) is 21.7. The van der Waals surface area contributed by atoms with Gasteiger partial charge in [-0.25, -0.2) is 4.79 Å². The first-order valence-electron chi connectivity index (χ1n) is 11.7. The number of carbonyl (C=O) groups excluding carboxylic acids is 2. The van der Waals surface area contributed by atoms with Crippen molar-refractivity contribution in [3.05, 3.63) is 90.1 Å². The van der Waals surface area contributed by atoms with Gasteiger partial charge in [-0.2, -0.15) is 13.2 Å². The minimum absolute atomic E-state index is 0.0143. The standard InChI is InChI=1S/C26H18BrF3N4O8/c1-25(2,3)41-24(36)16-8-12(27)4-7-19(16)31-23(35)22-17-10-20(34(39)40)15(11-21(17)42-32-22)14-6-5-13(33(37)38)9-18(14)26(28,29)30/h4-11H,1-3H3,(H,31,35). The Balaban J connectivity index is 1.80. The van der Waals surface area contributed by atoms with Gasteiger partial charge in [0.1, 0.15) is 5.60 Å². The molecule has 0 saturated heterocycles. The monoisotopic (exact) mass is 650 g/mol. The Bertz CT molecular complexity index is 1780. The van der Waals surface area contributed by atoms with Gasteiger partial charge in [0, 0.05) is 28.2 Å². The van der Waals surface area contributed by atoms with E-state index >= 15 is 0 Å². The van der Waals surface area contributed by atoms with Crippen LogP contribution in [0.4, 0.5) is 30.2 Å². The molecule has 0 atom stereocenters. The summed E-state index contributed by atoms with van der Waals surface area (Å²) in [6, 6.07) is 7.82. The topological polar surface area (TPSA) is 168 Å². The average molecular weight is 651 g/mol. The Morgan fingerprint density at radius 1 is 0.976 bits per heavy atom. The molecule has 0 saturated carbocycles. The average Bonchev–Trinajstić information content (AvgIpc) is 3.30. The molecule has 0 aliphatic rings. The summed E-state index contributed by atoms with van der Waals surface area (Å²) in [5.74, 6) is -1.71. The minimum Gasteiger partial charge on any atom is -0.456 e. The summed E-state index contributed by atoms with van der Waals surface area (Å²) in [6.45, 7) is 4.95. The highest BCUT2D eigenvalue weighted by Gasteiger charge is 2.37. The number of aromatic nitrogens is 1. The summed E-state index contributed by atoms with van der Waals surface area (Å²) in [7, 11) is 0. The van der Waals surface area contributed by atoms with Gasteiger partial charge in [0.15, 0.2) is 11.3 Å². The number of non-ortho nitro benzene ring substituents is 1. The largest absolute Gasteiger partial charge is 0.456 e. The fourth-order valence-electron chi connectivity index (χ4n) is 3.93. The number of nitro groups is 2. The van der Waals surface area contributed by atoms with Crippen molar-refractivity contribution in [1.29, 1.82) is 0 Å². The van der Waals surface area contributed by atoms with Gasteiger partial charge in [0.25, 0.3) is 17.3 Å². The molecule has 42 heavy (non-hydrogen) atoms. The van der Waals surface area contributed by atoms with Crippen LogP contribution in [0.5, 0.6) is 0 Å². The summed E-state index contributed by atoms with van der Waals surface area (Å²) in [5.41, 5.74) is -6.10. The van der Waals surface area contributed by atoms with Crippen molar-refractivity contribution in [1.82, 2.24) is 5.16 Å². The van der Waals surface area contributed by atoms with Crippen LogP contribution in [0.15, 0.2) is 57.5 Å². The highest BCUT2D eigenvalue weighted by Crippen LogP contribution is 2.43. The lowest BCUT2D eigenvalue weighted by atomic mass is 9.96. The maximum absolute atomic E-state index is 13.8. The number of esters is 1. The number of nitro benzene ring substituents is 2. The molecule has 12 nitrogen and oxygen atoms in total. The van der Waals surface area contributed by atoms with Gasteiger partial charge < -0.3 is 14.6 Å². The number of hydrogen-bond acceptors (Lipinski definition) is 9. The lowest BCUT2D eigenvalue weighted by molar-refractivity contribution is -0.385. The molecule has 4 rings (SSSR count). The SMILES string of the molecule is CC(C)(C)OC(=O)c1cc(Br)ccc1NC(=O)c1noc2cc(-c3ccc([N+](=O)[O-])cc3C(F)(F)F)c([N+](=O)[O-])cc12. The van der Waals surface area contributed by atoms with Crippen molar-refractivity contribution in [3.63, 3.8) is 0 Å². The molecule has 0 radical (unpaired) electrons. The molecule has 1 amide bonds. The minimum atomic E-state index is -5.10. The summed E-state index contributed by atoms with van der Waals surface area (Å²) in [5, 5.41) is 28.9. The molecule has 1 aromatic heterocycles. The predicted molar refractivity (Wildman–Crippen MR) is 145 cm³/mol. The molecule has 0 bridgehead atoms. The third-order valence-corrected chi connectivity index (χ3v) is 6.15. The molecular weight excluding hydrogens is 633 g/mol. The molecule has 4 aromatic rings. The first-order chi connectivity index (χ1) is 19.5. The first kappa shape index (κ1) is 30.1. The number of ether oxygens (including phenoxy) is 1. The van der Waals surface area contributed by atoms with Crippen LogP contribution in [0.3, 0.4) is 0 Å². The van der Waals surface area contributed by atoms with Crippen LogP contribution in [0, 0.1) is 20.2 Å². The van der Waals surface area contributed by atoms with E-state index in [9.17, 15) is 43.0 Å². The Kier molecular flexibility index (Phi) is 7.78. The van der Waals surface area contributed by atoms with Crippen molar-refractivity contribution < 1.29 is 41.9 Å². The lowest BCUT2D eigenvalue weighted by Gasteiger charge is -2.20. The Morgan fingerprint density at radius 3 is 2.26 bits per heavy atom. The van der Waals surface area contributed by atoms with Crippen LogP contribution >= 0.6 is 15.9 Å². The van der Waals surface area contributed by atoms with Crippen molar-refractivity contribution in [2.45, 2.75) is 32.5 Å². The molecule has 0 aliphatic heterocycles. The second-order valence-corrected chi connectivity index (χ2v) is 10.7. The zero-order valence-corrected chi connectivity index (χ0v) is 23.3. The van der Waals surface area contributed by atoms with Crippen LogP contribution < -0.4 is 5.32 Å². The summed E-state index contributed by atoms with van der Waals surface area (Å²) < 4.78 is 52.5. The predicted octanol–water partition coefficient (Wildman–Crippen LogP) is 7.30. The highest BCUT2D eigenvalue weighted by atomic mass is 79.9. The molecule has 3 aromatic carbocycles. The van der Waals surface area contributed by atoms with Gasteiger partial charge in [0.2, 0.25) is 0 Å². The Morgan fingerprint density at radius 2 is 1.67 bits per heavy atom. The van der Waals surface area contributed by atoms with Crippen molar-refractivity contribution in [2.75, 3.05) is 5.32 Å². The van der Waals surface area contributed by atoms with E-state index in [1.54, 1.807) is 20.8 Å². The summed E-state index contributed by atoms with van der Waals surface area (Å²) in [6.07, 6.45) is -5.10. The van der Waals surface area contributed by atoms with Gasteiger partial charge in [-0.15, -0.1) is 0 Å². The maximum atomic E-state index is 13.8. The van der Waals surface area contributed by atoms with E-state index in [4.69, 9.17) is 9.26 Å².